The summed E-state index contributed by atoms with van der Waals surface area (Å²) in [5, 5.41) is 8.25. The molecule has 2 aromatic carbocycles. The lowest BCUT2D eigenvalue weighted by atomic mass is 10.2. The van der Waals surface area contributed by atoms with E-state index in [4.69, 9.17) is 9.97 Å². The minimum absolute atomic E-state index is 0.514. The van der Waals surface area contributed by atoms with Crippen LogP contribution in [0.4, 0.5) is 11.8 Å². The van der Waals surface area contributed by atoms with Crippen molar-refractivity contribution in [3.8, 4) is 0 Å². The molecule has 1 saturated carbocycles. The Hall–Kier alpha value is -2.79. The quantitative estimate of drug-likeness (QED) is 0.428. The van der Waals surface area contributed by atoms with E-state index in [1.807, 2.05) is 17.8 Å². The van der Waals surface area contributed by atoms with Gasteiger partial charge >= 0.3 is 0 Å². The monoisotopic (exact) mass is 428 g/mol. The topological polar surface area (TPSA) is 49.8 Å². The third-order valence-electron chi connectivity index (χ3n) is 5.90. The fourth-order valence-corrected chi connectivity index (χ4v) is 5.28. The van der Waals surface area contributed by atoms with E-state index >= 15 is 0 Å². The van der Waals surface area contributed by atoms with Gasteiger partial charge in [-0.15, -0.1) is 0 Å². The van der Waals surface area contributed by atoms with Crippen LogP contribution in [0.15, 0.2) is 76.6 Å². The van der Waals surface area contributed by atoms with Crippen molar-refractivity contribution < 1.29 is 0 Å². The molecule has 31 heavy (non-hydrogen) atoms. The molecule has 5 rings (SSSR count). The second-order valence-electron chi connectivity index (χ2n) is 8.19. The van der Waals surface area contributed by atoms with Gasteiger partial charge in [0.1, 0.15) is 5.82 Å². The van der Waals surface area contributed by atoms with Crippen LogP contribution in [0.25, 0.3) is 10.9 Å². The summed E-state index contributed by atoms with van der Waals surface area (Å²) < 4.78 is 0. The minimum atomic E-state index is 0.514. The van der Waals surface area contributed by atoms with Gasteiger partial charge in [-0.1, -0.05) is 73.2 Å². The fourth-order valence-electron chi connectivity index (χ4n) is 4.24. The SMILES string of the molecule is C1=CC(Sc2ccccc2CNc2nc(NC3CCCC3)c3ccccc3n2)=CCC1. The number of nitrogens with one attached hydrogen (secondary N) is 2. The van der Waals surface area contributed by atoms with Crippen LogP contribution in [0, 0.1) is 0 Å². The molecular formula is C26H28N4S. The summed E-state index contributed by atoms with van der Waals surface area (Å²) >= 11 is 1.83. The van der Waals surface area contributed by atoms with Gasteiger partial charge in [0.25, 0.3) is 0 Å². The highest BCUT2D eigenvalue weighted by Gasteiger charge is 2.17. The smallest absolute Gasteiger partial charge is 0.225 e. The average molecular weight is 429 g/mol. The van der Waals surface area contributed by atoms with Gasteiger partial charge in [0, 0.05) is 27.8 Å². The number of benzene rings is 2. The van der Waals surface area contributed by atoms with Crippen molar-refractivity contribution in [3.63, 3.8) is 0 Å². The lowest BCUT2D eigenvalue weighted by Crippen LogP contribution is -2.17. The summed E-state index contributed by atoms with van der Waals surface area (Å²) in [6.07, 6.45) is 14.1. The third-order valence-corrected chi connectivity index (χ3v) is 7.05. The maximum Gasteiger partial charge on any atom is 0.225 e. The Labute approximate surface area is 188 Å². The van der Waals surface area contributed by atoms with Gasteiger partial charge in [-0.25, -0.2) is 4.98 Å². The van der Waals surface area contributed by atoms with E-state index in [0.717, 1.165) is 29.6 Å². The number of fused-ring (bicyclic) bond motifs is 1. The molecule has 2 aliphatic rings. The number of para-hydroxylation sites is 1. The second kappa shape index (κ2) is 9.56. The Morgan fingerprint density at radius 1 is 0.935 bits per heavy atom. The van der Waals surface area contributed by atoms with Crippen molar-refractivity contribution >= 4 is 34.4 Å². The number of thioether (sulfide) groups is 1. The molecule has 2 N–H and O–H groups in total. The molecule has 0 aliphatic heterocycles. The van der Waals surface area contributed by atoms with Crippen LogP contribution in [0.2, 0.25) is 0 Å². The van der Waals surface area contributed by atoms with Gasteiger partial charge in [-0.3, -0.25) is 0 Å². The summed E-state index contributed by atoms with van der Waals surface area (Å²) in [5.41, 5.74) is 2.23. The first-order valence-corrected chi connectivity index (χ1v) is 12.1. The Morgan fingerprint density at radius 2 is 1.77 bits per heavy atom. The second-order valence-corrected chi connectivity index (χ2v) is 9.30. The Balaban J connectivity index is 1.36. The van der Waals surface area contributed by atoms with E-state index in [2.05, 4.69) is 71.3 Å². The van der Waals surface area contributed by atoms with Crippen LogP contribution < -0.4 is 10.6 Å². The molecule has 4 nitrogen and oxygen atoms in total. The molecule has 1 aromatic heterocycles. The molecule has 2 aliphatic carbocycles. The zero-order chi connectivity index (χ0) is 20.9. The molecule has 0 bridgehead atoms. The first-order chi connectivity index (χ1) is 15.3. The molecular weight excluding hydrogens is 400 g/mol. The van der Waals surface area contributed by atoms with Crippen molar-refractivity contribution in [1.29, 1.82) is 0 Å². The summed E-state index contributed by atoms with van der Waals surface area (Å²) in [4.78, 5) is 12.2. The molecule has 1 fully saturated rings. The fraction of sp³-hybridized carbons (Fsp3) is 0.308. The molecule has 0 unspecified atom stereocenters. The van der Waals surface area contributed by atoms with Crippen LogP contribution in [0.3, 0.4) is 0 Å². The van der Waals surface area contributed by atoms with Crippen molar-refractivity contribution in [2.24, 2.45) is 0 Å². The van der Waals surface area contributed by atoms with Crippen molar-refractivity contribution in [3.05, 3.63) is 77.2 Å². The zero-order valence-electron chi connectivity index (χ0n) is 17.7. The number of allylic oxidation sites excluding steroid dienone is 3. The van der Waals surface area contributed by atoms with Gasteiger partial charge in [0.05, 0.1) is 5.52 Å². The number of anilines is 2. The molecule has 0 saturated heterocycles. The Bertz CT molecular complexity index is 1120. The van der Waals surface area contributed by atoms with E-state index in [1.54, 1.807) is 0 Å². The van der Waals surface area contributed by atoms with Gasteiger partial charge in [0.15, 0.2) is 0 Å². The van der Waals surface area contributed by atoms with Crippen LogP contribution in [0.1, 0.15) is 44.1 Å². The Morgan fingerprint density at radius 3 is 2.65 bits per heavy atom. The highest BCUT2D eigenvalue weighted by atomic mass is 32.2. The first-order valence-electron chi connectivity index (χ1n) is 11.2. The summed E-state index contributed by atoms with van der Waals surface area (Å²) in [6.45, 7) is 0.696. The van der Waals surface area contributed by atoms with Gasteiger partial charge in [-0.05, 0) is 49.4 Å². The first kappa shape index (κ1) is 20.1. The van der Waals surface area contributed by atoms with Crippen LogP contribution >= 0.6 is 11.8 Å². The van der Waals surface area contributed by atoms with E-state index in [1.165, 1.54) is 41.0 Å². The maximum atomic E-state index is 4.86. The van der Waals surface area contributed by atoms with Gasteiger partial charge in [-0.2, -0.15) is 4.98 Å². The normalized spacial score (nSPS) is 16.5. The predicted octanol–water partition coefficient (Wildman–Crippen LogP) is 6.92. The molecule has 0 spiro atoms. The summed E-state index contributed by atoms with van der Waals surface area (Å²) in [5.74, 6) is 1.62. The summed E-state index contributed by atoms with van der Waals surface area (Å²) in [7, 11) is 0. The van der Waals surface area contributed by atoms with E-state index in [9.17, 15) is 0 Å². The molecule has 5 heteroatoms. The molecule has 0 radical (unpaired) electrons. The van der Waals surface area contributed by atoms with Crippen molar-refractivity contribution in [1.82, 2.24) is 9.97 Å². The number of aromatic nitrogens is 2. The molecule has 0 amide bonds. The third kappa shape index (κ3) is 4.93. The van der Waals surface area contributed by atoms with Crippen molar-refractivity contribution in [2.75, 3.05) is 10.6 Å². The van der Waals surface area contributed by atoms with Crippen LogP contribution in [-0.2, 0) is 6.54 Å². The van der Waals surface area contributed by atoms with Crippen molar-refractivity contribution in [2.45, 2.75) is 56.0 Å². The average Bonchev–Trinajstić information content (AvgIpc) is 3.32. The van der Waals surface area contributed by atoms with Crippen LogP contribution in [-0.4, -0.2) is 16.0 Å². The van der Waals surface area contributed by atoms with Gasteiger partial charge in [0.2, 0.25) is 5.95 Å². The standard InChI is InChI=1S/C26H28N4S/c1-2-13-21(14-3-1)31-24-17-9-4-10-19(24)18-27-26-29-23-16-8-7-15-22(23)25(30-26)28-20-11-5-6-12-20/h2,4,7-10,13-17,20H,1,3,5-6,11-12,18H2,(H2,27,28,29,30). The van der Waals surface area contributed by atoms with E-state index in [0.29, 0.717) is 18.5 Å². The summed E-state index contributed by atoms with van der Waals surface area (Å²) in [6, 6.07) is 17.4. The molecule has 0 atom stereocenters. The number of rotatable bonds is 7. The number of hydrogen-bond donors (Lipinski definition) is 2. The molecule has 3 aromatic rings. The molecule has 1 heterocycles. The highest BCUT2D eigenvalue weighted by molar-refractivity contribution is 8.03. The van der Waals surface area contributed by atoms with Gasteiger partial charge < -0.3 is 10.6 Å². The number of hydrogen-bond acceptors (Lipinski definition) is 5. The molecule has 158 valence electrons. The van der Waals surface area contributed by atoms with Crippen LogP contribution in [0.5, 0.6) is 0 Å². The minimum Gasteiger partial charge on any atom is -0.367 e. The largest absolute Gasteiger partial charge is 0.367 e. The lowest BCUT2D eigenvalue weighted by molar-refractivity contribution is 0.751. The zero-order valence-corrected chi connectivity index (χ0v) is 18.5. The van der Waals surface area contributed by atoms with E-state index in [-0.39, 0.29) is 0 Å². The predicted molar refractivity (Wildman–Crippen MR) is 131 cm³/mol. The van der Waals surface area contributed by atoms with E-state index < -0.39 is 0 Å². The Kier molecular flexibility index (Phi) is 6.21. The lowest BCUT2D eigenvalue weighted by Gasteiger charge is -2.16. The highest BCUT2D eigenvalue weighted by Crippen LogP contribution is 2.33. The maximum absolute atomic E-state index is 4.86. The number of nitrogens with zero attached hydrogens (tertiary/aromatic N) is 2.